The van der Waals surface area contributed by atoms with Crippen LogP contribution in [0.3, 0.4) is 0 Å². The maximum atomic E-state index is 5.91. The van der Waals surface area contributed by atoms with Crippen molar-refractivity contribution in [2.45, 2.75) is 6.04 Å². The van der Waals surface area contributed by atoms with Gasteiger partial charge < -0.3 is 15.0 Å². The Bertz CT molecular complexity index is 548. The number of rotatable bonds is 2. The highest BCUT2D eigenvalue weighted by Crippen LogP contribution is 2.30. The molecule has 17 heavy (non-hydrogen) atoms. The van der Waals surface area contributed by atoms with Crippen LogP contribution in [-0.4, -0.2) is 16.6 Å². The normalized spacial score (nSPS) is 18.8. The number of hydrogen-bond donors (Lipinski definition) is 2. The van der Waals surface area contributed by atoms with E-state index >= 15 is 0 Å². The van der Waals surface area contributed by atoms with Gasteiger partial charge in [-0.2, -0.15) is 0 Å². The summed E-state index contributed by atoms with van der Waals surface area (Å²) in [6, 6.07) is 3.94. The van der Waals surface area contributed by atoms with Gasteiger partial charge in [0, 0.05) is 6.20 Å². The van der Waals surface area contributed by atoms with Gasteiger partial charge in [-0.15, -0.1) is 11.3 Å². The fourth-order valence-corrected chi connectivity index (χ4v) is 2.67. The minimum absolute atomic E-state index is 0.0733. The third-order valence-corrected chi connectivity index (χ3v) is 3.75. The van der Waals surface area contributed by atoms with Crippen molar-refractivity contribution < 1.29 is 4.74 Å². The molecule has 2 aromatic heterocycles. The van der Waals surface area contributed by atoms with Crippen LogP contribution in [0.2, 0.25) is 4.34 Å². The maximum absolute atomic E-state index is 5.91. The first-order chi connectivity index (χ1) is 8.33. The Morgan fingerprint density at radius 1 is 1.47 bits per heavy atom. The summed E-state index contributed by atoms with van der Waals surface area (Å²) in [5.74, 6) is 0.869. The third-order valence-electron chi connectivity index (χ3n) is 2.49. The van der Waals surface area contributed by atoms with Crippen molar-refractivity contribution in [2.75, 3.05) is 6.61 Å². The molecule has 3 rings (SSSR count). The number of nitrogens with zero attached hydrogens (tertiary/aromatic N) is 1. The van der Waals surface area contributed by atoms with Crippen molar-refractivity contribution >= 4 is 22.9 Å². The Morgan fingerprint density at radius 3 is 3.12 bits per heavy atom. The van der Waals surface area contributed by atoms with E-state index in [0.29, 0.717) is 6.61 Å². The fraction of sp³-hybridized carbons (Fsp3) is 0.182. The highest BCUT2D eigenvalue weighted by atomic mass is 35.5. The van der Waals surface area contributed by atoms with Gasteiger partial charge in [-0.1, -0.05) is 11.6 Å². The van der Waals surface area contributed by atoms with Crippen molar-refractivity contribution in [3.8, 4) is 10.6 Å². The van der Waals surface area contributed by atoms with Crippen LogP contribution in [0.15, 0.2) is 30.8 Å². The third kappa shape index (κ3) is 2.16. The van der Waals surface area contributed by atoms with Gasteiger partial charge in [0.2, 0.25) is 0 Å². The lowest BCUT2D eigenvalue weighted by molar-refractivity contribution is 0.193. The Labute approximate surface area is 107 Å². The van der Waals surface area contributed by atoms with E-state index in [1.54, 1.807) is 12.5 Å². The number of ether oxygens (including phenoxy) is 1. The van der Waals surface area contributed by atoms with Crippen LogP contribution < -0.4 is 5.32 Å². The van der Waals surface area contributed by atoms with Crippen molar-refractivity contribution in [1.29, 1.82) is 0 Å². The lowest BCUT2D eigenvalue weighted by atomic mass is 10.3. The second-order valence-corrected chi connectivity index (χ2v) is 5.36. The summed E-state index contributed by atoms with van der Waals surface area (Å²) in [5.41, 5.74) is 0.980. The summed E-state index contributed by atoms with van der Waals surface area (Å²) in [6.07, 6.45) is 5.23. The highest BCUT2D eigenvalue weighted by Gasteiger charge is 2.16. The molecule has 0 fully saturated rings. The molecule has 1 atom stereocenters. The molecule has 0 spiro atoms. The van der Waals surface area contributed by atoms with Crippen molar-refractivity contribution in [1.82, 2.24) is 15.3 Å². The van der Waals surface area contributed by atoms with Crippen LogP contribution in [0, 0.1) is 0 Å². The van der Waals surface area contributed by atoms with Gasteiger partial charge in [0.1, 0.15) is 18.5 Å². The predicted molar refractivity (Wildman–Crippen MR) is 67.9 cm³/mol. The first-order valence-electron chi connectivity index (χ1n) is 5.16. The number of aromatic nitrogens is 2. The van der Waals surface area contributed by atoms with E-state index in [9.17, 15) is 0 Å². The van der Waals surface area contributed by atoms with Gasteiger partial charge >= 0.3 is 0 Å². The molecule has 0 aromatic carbocycles. The molecule has 3 heterocycles. The minimum Gasteiger partial charge on any atom is -0.497 e. The average Bonchev–Trinajstić information content (AvgIpc) is 2.98. The molecule has 0 bridgehead atoms. The van der Waals surface area contributed by atoms with Crippen molar-refractivity contribution in [3.63, 3.8) is 0 Å². The van der Waals surface area contributed by atoms with Gasteiger partial charge in [0.15, 0.2) is 0 Å². The molecule has 1 aliphatic rings. The van der Waals surface area contributed by atoms with Gasteiger partial charge in [-0.05, 0) is 12.1 Å². The second-order valence-electron chi connectivity index (χ2n) is 3.64. The second kappa shape index (κ2) is 4.43. The highest BCUT2D eigenvalue weighted by molar-refractivity contribution is 7.19. The summed E-state index contributed by atoms with van der Waals surface area (Å²) in [7, 11) is 0. The SMILES string of the molecule is Clc1ccc(-c2cnc([C@@H]3COC=CN3)[nH]2)s1. The largest absolute Gasteiger partial charge is 0.497 e. The zero-order chi connectivity index (χ0) is 11.7. The Morgan fingerprint density at radius 2 is 2.41 bits per heavy atom. The molecule has 0 radical (unpaired) electrons. The topological polar surface area (TPSA) is 49.9 Å². The number of nitrogens with one attached hydrogen (secondary N) is 2. The summed E-state index contributed by atoms with van der Waals surface area (Å²) in [6.45, 7) is 0.578. The standard InChI is InChI=1S/C11H10ClN3OS/c12-10-2-1-9(17-10)7-5-14-11(15-7)8-6-16-4-3-13-8/h1-5,8,13H,6H2,(H,14,15)/t8-/m0/s1. The lowest BCUT2D eigenvalue weighted by Crippen LogP contribution is -2.24. The summed E-state index contributed by atoms with van der Waals surface area (Å²) in [5, 5.41) is 3.18. The van der Waals surface area contributed by atoms with Crippen LogP contribution in [0.1, 0.15) is 11.9 Å². The monoisotopic (exact) mass is 267 g/mol. The molecule has 0 saturated heterocycles. The van der Waals surface area contributed by atoms with Crippen molar-refractivity contribution in [2.24, 2.45) is 0 Å². The number of halogens is 1. The molecular formula is C11H10ClN3OS. The molecule has 2 N–H and O–H groups in total. The number of hydrogen-bond acceptors (Lipinski definition) is 4. The lowest BCUT2D eigenvalue weighted by Gasteiger charge is -2.18. The van der Waals surface area contributed by atoms with Crippen LogP contribution >= 0.6 is 22.9 Å². The van der Waals surface area contributed by atoms with Crippen LogP contribution in [0.25, 0.3) is 10.6 Å². The van der Waals surface area contributed by atoms with E-state index in [1.165, 1.54) is 11.3 Å². The number of imidazole rings is 1. The first kappa shape index (κ1) is 10.7. The summed E-state index contributed by atoms with van der Waals surface area (Å²) in [4.78, 5) is 8.72. The zero-order valence-corrected chi connectivity index (χ0v) is 10.4. The van der Waals surface area contributed by atoms with Crippen molar-refractivity contribution in [3.05, 3.63) is 41.0 Å². The molecule has 0 saturated carbocycles. The van der Waals surface area contributed by atoms with Crippen LogP contribution in [-0.2, 0) is 4.74 Å². The van der Waals surface area contributed by atoms with Gasteiger partial charge in [0.05, 0.1) is 27.4 Å². The number of thiophene rings is 1. The predicted octanol–water partition coefficient (Wildman–Crippen LogP) is 2.92. The molecule has 4 nitrogen and oxygen atoms in total. The zero-order valence-electron chi connectivity index (χ0n) is 8.81. The molecule has 88 valence electrons. The summed E-state index contributed by atoms with van der Waals surface area (Å²) >= 11 is 7.44. The number of H-pyrrole nitrogens is 1. The molecule has 0 aliphatic carbocycles. The molecule has 6 heteroatoms. The quantitative estimate of drug-likeness (QED) is 0.880. The van der Waals surface area contributed by atoms with Gasteiger partial charge in [-0.3, -0.25) is 0 Å². The molecule has 1 aliphatic heterocycles. The van der Waals surface area contributed by atoms with E-state index in [4.69, 9.17) is 16.3 Å². The average molecular weight is 268 g/mol. The number of aromatic amines is 1. The van der Waals surface area contributed by atoms with Crippen LogP contribution in [0.5, 0.6) is 0 Å². The molecule has 0 unspecified atom stereocenters. The van der Waals surface area contributed by atoms with Gasteiger partial charge in [0.25, 0.3) is 0 Å². The van der Waals surface area contributed by atoms with Gasteiger partial charge in [-0.25, -0.2) is 4.98 Å². The maximum Gasteiger partial charge on any atom is 0.132 e. The molecular weight excluding hydrogens is 258 g/mol. The van der Waals surface area contributed by atoms with E-state index < -0.39 is 0 Å². The van der Waals surface area contributed by atoms with E-state index in [2.05, 4.69) is 15.3 Å². The molecule has 2 aromatic rings. The van der Waals surface area contributed by atoms with Crippen LogP contribution in [0.4, 0.5) is 0 Å². The van der Waals surface area contributed by atoms with E-state index in [0.717, 1.165) is 20.7 Å². The fourth-order valence-electron chi connectivity index (χ4n) is 1.66. The van der Waals surface area contributed by atoms with E-state index in [-0.39, 0.29) is 6.04 Å². The first-order valence-corrected chi connectivity index (χ1v) is 6.35. The smallest absolute Gasteiger partial charge is 0.132 e. The Kier molecular flexibility index (Phi) is 2.78. The Hall–Kier alpha value is -1.46. The van der Waals surface area contributed by atoms with E-state index in [1.807, 2.05) is 18.3 Å². The summed E-state index contributed by atoms with van der Waals surface area (Å²) < 4.78 is 6.01. The molecule has 0 amide bonds. The Balaban J connectivity index is 1.85. The minimum atomic E-state index is 0.0733.